The summed E-state index contributed by atoms with van der Waals surface area (Å²) in [4.78, 5) is 24.4. The lowest BCUT2D eigenvalue weighted by molar-refractivity contribution is -0.141. The van der Waals surface area contributed by atoms with Crippen LogP contribution in [0.2, 0.25) is 0 Å². The second kappa shape index (κ2) is 6.52. The molecule has 0 saturated heterocycles. The molecule has 1 aromatic carbocycles. The fourth-order valence-electron chi connectivity index (χ4n) is 3.69. The lowest BCUT2D eigenvalue weighted by Gasteiger charge is -2.12. The first-order chi connectivity index (χ1) is 13.7. The van der Waals surface area contributed by atoms with E-state index in [9.17, 15) is 4.79 Å². The van der Waals surface area contributed by atoms with Crippen molar-refractivity contribution in [3.05, 3.63) is 42.7 Å². The first kappa shape index (κ1) is 16.5. The van der Waals surface area contributed by atoms with E-state index >= 15 is 0 Å². The summed E-state index contributed by atoms with van der Waals surface area (Å²) in [7, 11) is 0. The van der Waals surface area contributed by atoms with E-state index in [0.29, 0.717) is 30.0 Å². The van der Waals surface area contributed by atoms with Crippen molar-refractivity contribution in [2.45, 2.75) is 25.3 Å². The van der Waals surface area contributed by atoms with Crippen molar-refractivity contribution in [3.63, 3.8) is 0 Å². The normalized spacial score (nSPS) is 19.3. The molecular formula is C19H17N7O2. The predicted molar refractivity (Wildman–Crippen MR) is 102 cm³/mol. The molecule has 1 fully saturated rings. The zero-order valence-electron chi connectivity index (χ0n) is 14.9. The largest absolute Gasteiger partial charge is 0.481 e. The highest BCUT2D eigenvalue weighted by atomic mass is 16.4. The van der Waals surface area contributed by atoms with Gasteiger partial charge < -0.3 is 10.4 Å². The molecule has 1 aliphatic carbocycles. The first-order valence-corrected chi connectivity index (χ1v) is 9.10. The molecule has 0 amide bonds. The lowest BCUT2D eigenvalue weighted by atomic mass is 10.1. The minimum absolute atomic E-state index is 0.0506. The Kier molecular flexibility index (Phi) is 3.85. The SMILES string of the molecule is O=C(O)C1CCC(Nc2ncc3nnn(-c4ccc5ncccc5c4)c3n2)C1. The van der Waals surface area contributed by atoms with Crippen molar-refractivity contribution in [2.24, 2.45) is 5.92 Å². The van der Waals surface area contributed by atoms with Crippen molar-refractivity contribution >= 4 is 34.0 Å². The molecule has 9 heteroatoms. The highest BCUT2D eigenvalue weighted by Gasteiger charge is 2.30. The van der Waals surface area contributed by atoms with E-state index in [4.69, 9.17) is 5.11 Å². The number of benzene rings is 1. The number of anilines is 1. The van der Waals surface area contributed by atoms with Crippen molar-refractivity contribution in [2.75, 3.05) is 5.32 Å². The number of pyridine rings is 1. The van der Waals surface area contributed by atoms with E-state index in [1.165, 1.54) is 0 Å². The van der Waals surface area contributed by atoms with Crippen LogP contribution in [0.1, 0.15) is 19.3 Å². The van der Waals surface area contributed by atoms with Crippen LogP contribution in [0.15, 0.2) is 42.7 Å². The third-order valence-electron chi connectivity index (χ3n) is 5.14. The van der Waals surface area contributed by atoms with Crippen molar-refractivity contribution in [3.8, 4) is 5.69 Å². The predicted octanol–water partition coefficient (Wildman–Crippen LogP) is 2.42. The van der Waals surface area contributed by atoms with Gasteiger partial charge >= 0.3 is 5.97 Å². The van der Waals surface area contributed by atoms with Gasteiger partial charge in [0.05, 0.1) is 23.3 Å². The van der Waals surface area contributed by atoms with Crippen LogP contribution < -0.4 is 5.32 Å². The van der Waals surface area contributed by atoms with Crippen LogP contribution in [0.3, 0.4) is 0 Å². The minimum Gasteiger partial charge on any atom is -0.481 e. The van der Waals surface area contributed by atoms with Crippen LogP contribution in [0.4, 0.5) is 5.95 Å². The van der Waals surface area contributed by atoms with Gasteiger partial charge in [-0.2, -0.15) is 9.67 Å². The Morgan fingerprint density at radius 1 is 1.18 bits per heavy atom. The summed E-state index contributed by atoms with van der Waals surface area (Å²) < 4.78 is 1.67. The number of hydrogen-bond acceptors (Lipinski definition) is 7. The summed E-state index contributed by atoms with van der Waals surface area (Å²) in [6.45, 7) is 0. The summed E-state index contributed by atoms with van der Waals surface area (Å²) in [5, 5.41) is 21.8. The monoisotopic (exact) mass is 375 g/mol. The van der Waals surface area contributed by atoms with Gasteiger partial charge in [-0.1, -0.05) is 11.3 Å². The smallest absolute Gasteiger partial charge is 0.306 e. The van der Waals surface area contributed by atoms with E-state index in [0.717, 1.165) is 23.0 Å². The first-order valence-electron chi connectivity index (χ1n) is 9.10. The molecule has 140 valence electrons. The van der Waals surface area contributed by atoms with Gasteiger partial charge in [0.15, 0.2) is 11.2 Å². The summed E-state index contributed by atoms with van der Waals surface area (Å²) >= 11 is 0. The quantitative estimate of drug-likeness (QED) is 0.558. The highest BCUT2D eigenvalue weighted by Crippen LogP contribution is 2.28. The Morgan fingerprint density at radius 2 is 2.11 bits per heavy atom. The molecule has 1 saturated carbocycles. The summed E-state index contributed by atoms with van der Waals surface area (Å²) in [6.07, 6.45) is 5.41. The van der Waals surface area contributed by atoms with Gasteiger partial charge in [-0.05, 0) is 43.5 Å². The molecule has 2 N–H and O–H groups in total. The van der Waals surface area contributed by atoms with Gasteiger partial charge in [-0.3, -0.25) is 9.78 Å². The minimum atomic E-state index is -0.742. The van der Waals surface area contributed by atoms with Crippen LogP contribution in [-0.2, 0) is 4.79 Å². The van der Waals surface area contributed by atoms with Crippen molar-refractivity contribution in [1.29, 1.82) is 0 Å². The molecular weight excluding hydrogens is 358 g/mol. The Bertz CT molecular complexity index is 1190. The van der Waals surface area contributed by atoms with Crippen LogP contribution in [-0.4, -0.2) is 47.1 Å². The topological polar surface area (TPSA) is 119 Å². The van der Waals surface area contributed by atoms with Crippen LogP contribution in [0.5, 0.6) is 0 Å². The number of aromatic nitrogens is 6. The molecule has 0 aliphatic heterocycles. The molecule has 0 radical (unpaired) electrons. The second-order valence-corrected chi connectivity index (χ2v) is 6.97. The van der Waals surface area contributed by atoms with Crippen LogP contribution in [0.25, 0.3) is 27.8 Å². The van der Waals surface area contributed by atoms with E-state index in [1.54, 1.807) is 17.1 Å². The fourth-order valence-corrected chi connectivity index (χ4v) is 3.69. The number of nitrogens with one attached hydrogen (secondary N) is 1. The Balaban J connectivity index is 1.47. The maximum Gasteiger partial charge on any atom is 0.306 e. The molecule has 1 aliphatic rings. The lowest BCUT2D eigenvalue weighted by Crippen LogP contribution is -2.19. The molecule has 3 heterocycles. The number of fused-ring (bicyclic) bond motifs is 2. The molecule has 28 heavy (non-hydrogen) atoms. The highest BCUT2D eigenvalue weighted by molar-refractivity contribution is 5.81. The number of rotatable bonds is 4. The molecule has 4 aromatic rings. The summed E-state index contributed by atoms with van der Waals surface area (Å²) in [5.41, 5.74) is 2.92. The Morgan fingerprint density at radius 3 is 2.96 bits per heavy atom. The van der Waals surface area contributed by atoms with E-state index in [1.807, 2.05) is 30.3 Å². The average molecular weight is 375 g/mol. The van der Waals surface area contributed by atoms with Gasteiger partial charge in [0.1, 0.15) is 0 Å². The molecule has 5 rings (SSSR count). The molecule has 9 nitrogen and oxygen atoms in total. The molecule has 2 atom stereocenters. The number of carboxylic acid groups (broad SMARTS) is 1. The van der Waals surface area contributed by atoms with Crippen molar-refractivity contribution in [1.82, 2.24) is 29.9 Å². The number of carbonyl (C=O) groups is 1. The molecule has 0 bridgehead atoms. The third-order valence-corrected chi connectivity index (χ3v) is 5.14. The Hall–Kier alpha value is -3.62. The van der Waals surface area contributed by atoms with Crippen molar-refractivity contribution < 1.29 is 9.90 Å². The number of hydrogen-bond donors (Lipinski definition) is 2. The van der Waals surface area contributed by atoms with Gasteiger partial charge in [-0.25, -0.2) is 4.98 Å². The van der Waals surface area contributed by atoms with Gasteiger partial charge in [0.25, 0.3) is 0 Å². The number of carboxylic acids is 1. The second-order valence-electron chi connectivity index (χ2n) is 6.97. The van der Waals surface area contributed by atoms with Gasteiger partial charge in [-0.15, -0.1) is 5.10 Å². The fraction of sp³-hybridized carbons (Fsp3) is 0.263. The van der Waals surface area contributed by atoms with E-state index in [-0.39, 0.29) is 12.0 Å². The third kappa shape index (κ3) is 2.90. The molecule has 2 unspecified atom stereocenters. The molecule has 3 aromatic heterocycles. The number of nitrogens with zero attached hydrogens (tertiary/aromatic N) is 6. The number of aliphatic carboxylic acids is 1. The maximum atomic E-state index is 11.2. The Labute approximate surface area is 159 Å². The summed E-state index contributed by atoms with van der Waals surface area (Å²) in [6, 6.07) is 9.78. The average Bonchev–Trinajstić information content (AvgIpc) is 3.34. The maximum absolute atomic E-state index is 11.2. The van der Waals surface area contributed by atoms with E-state index < -0.39 is 5.97 Å². The van der Waals surface area contributed by atoms with Crippen LogP contribution in [0, 0.1) is 5.92 Å². The summed E-state index contributed by atoms with van der Waals surface area (Å²) in [5.74, 6) is -0.595. The van der Waals surface area contributed by atoms with Gasteiger partial charge in [0, 0.05) is 17.6 Å². The zero-order valence-corrected chi connectivity index (χ0v) is 14.9. The van der Waals surface area contributed by atoms with Crippen LogP contribution >= 0.6 is 0 Å². The molecule has 0 spiro atoms. The standard InChI is InChI=1S/C19H17N7O2/c27-18(28)12-3-4-13(8-12)22-19-21-10-16-17(23-19)26(25-24-16)14-5-6-15-11(9-14)2-1-7-20-15/h1-2,5-7,9-10,12-13H,3-4,8H2,(H,27,28)(H,21,22,23). The zero-order chi connectivity index (χ0) is 19.1. The van der Waals surface area contributed by atoms with Gasteiger partial charge in [0.2, 0.25) is 5.95 Å². The van der Waals surface area contributed by atoms with E-state index in [2.05, 4.69) is 30.6 Å².